The molecule has 25 heavy (non-hydrogen) atoms. The van der Waals surface area contributed by atoms with Crippen molar-refractivity contribution in [3.8, 4) is 0 Å². The van der Waals surface area contributed by atoms with Crippen LogP contribution in [0.15, 0.2) is 36.4 Å². The number of amides is 3. The van der Waals surface area contributed by atoms with Gasteiger partial charge in [-0.25, -0.2) is 4.39 Å². The van der Waals surface area contributed by atoms with E-state index in [1.165, 1.54) is 44.2 Å². The summed E-state index contributed by atoms with van der Waals surface area (Å²) in [5, 5.41) is 7.56. The van der Waals surface area contributed by atoms with Crippen LogP contribution in [0.1, 0.15) is 24.2 Å². The van der Waals surface area contributed by atoms with Crippen LogP contribution in [-0.2, 0) is 9.59 Å². The number of rotatable bonds is 4. The van der Waals surface area contributed by atoms with Crippen LogP contribution in [0, 0.1) is 5.82 Å². The fraction of sp³-hybridized carbons (Fsp3) is 0.118. The third-order valence-corrected chi connectivity index (χ3v) is 3.30. The summed E-state index contributed by atoms with van der Waals surface area (Å²) >= 11 is 5.69. The molecule has 0 radical (unpaired) electrons. The number of anilines is 3. The topological polar surface area (TPSA) is 87.3 Å². The van der Waals surface area contributed by atoms with Gasteiger partial charge in [0.2, 0.25) is 11.8 Å². The minimum absolute atomic E-state index is 0.122. The first-order chi connectivity index (χ1) is 11.7. The zero-order valence-electron chi connectivity index (χ0n) is 13.4. The molecule has 0 heterocycles. The van der Waals surface area contributed by atoms with Gasteiger partial charge in [-0.3, -0.25) is 14.4 Å². The Hall–Kier alpha value is -2.93. The van der Waals surface area contributed by atoms with Crippen LogP contribution in [0.4, 0.5) is 21.5 Å². The van der Waals surface area contributed by atoms with Crippen molar-refractivity contribution < 1.29 is 18.8 Å². The predicted octanol–water partition coefficient (Wildman–Crippen LogP) is 3.65. The maximum Gasteiger partial charge on any atom is 0.255 e. The number of halogens is 2. The van der Waals surface area contributed by atoms with E-state index in [1.807, 2.05) is 0 Å². The van der Waals surface area contributed by atoms with Crippen LogP contribution >= 0.6 is 11.6 Å². The van der Waals surface area contributed by atoms with Crippen molar-refractivity contribution in [3.05, 3.63) is 52.8 Å². The Morgan fingerprint density at radius 1 is 0.840 bits per heavy atom. The molecule has 0 aliphatic heterocycles. The highest BCUT2D eigenvalue weighted by Gasteiger charge is 2.12. The highest BCUT2D eigenvalue weighted by Crippen LogP contribution is 2.23. The molecule has 0 fully saturated rings. The summed E-state index contributed by atoms with van der Waals surface area (Å²) in [6.07, 6.45) is 0. The normalized spacial score (nSPS) is 10.1. The number of hydrogen-bond acceptors (Lipinski definition) is 3. The van der Waals surface area contributed by atoms with Gasteiger partial charge in [-0.05, 0) is 36.4 Å². The molecule has 0 bridgehead atoms. The van der Waals surface area contributed by atoms with Crippen molar-refractivity contribution >= 4 is 46.4 Å². The highest BCUT2D eigenvalue weighted by atomic mass is 35.5. The molecule has 2 aromatic carbocycles. The fourth-order valence-electron chi connectivity index (χ4n) is 2.09. The summed E-state index contributed by atoms with van der Waals surface area (Å²) in [5.41, 5.74) is 1.19. The molecule has 6 nitrogen and oxygen atoms in total. The number of carbonyl (C=O) groups is 3. The van der Waals surface area contributed by atoms with E-state index < -0.39 is 11.7 Å². The van der Waals surface area contributed by atoms with E-state index >= 15 is 0 Å². The molecule has 8 heteroatoms. The Morgan fingerprint density at radius 2 is 1.40 bits per heavy atom. The third-order valence-electron chi connectivity index (χ3n) is 3.01. The second kappa shape index (κ2) is 7.76. The van der Waals surface area contributed by atoms with E-state index in [0.29, 0.717) is 17.1 Å². The highest BCUT2D eigenvalue weighted by molar-refractivity contribution is 6.31. The number of benzene rings is 2. The van der Waals surface area contributed by atoms with Crippen LogP contribution in [0.2, 0.25) is 5.02 Å². The average Bonchev–Trinajstić information content (AvgIpc) is 2.49. The van der Waals surface area contributed by atoms with E-state index in [9.17, 15) is 18.8 Å². The summed E-state index contributed by atoms with van der Waals surface area (Å²) in [4.78, 5) is 34.9. The molecule has 130 valence electrons. The smallest absolute Gasteiger partial charge is 0.255 e. The van der Waals surface area contributed by atoms with Gasteiger partial charge in [0.25, 0.3) is 5.91 Å². The standard InChI is InChI=1S/C17H15ClFN3O3/c1-9(23)20-13-5-11(6-14(7-13)21-10(2)24)17(25)22-12-3-4-16(19)15(18)8-12/h3-8H,1-2H3,(H,20,23)(H,21,24)(H,22,25). The molecule has 0 aliphatic rings. The lowest BCUT2D eigenvalue weighted by Crippen LogP contribution is -2.15. The Labute approximate surface area is 148 Å². The quantitative estimate of drug-likeness (QED) is 0.774. The molecule has 0 aromatic heterocycles. The minimum Gasteiger partial charge on any atom is -0.326 e. The van der Waals surface area contributed by atoms with Gasteiger partial charge in [0.1, 0.15) is 5.82 Å². The molecular weight excluding hydrogens is 349 g/mol. The lowest BCUT2D eigenvalue weighted by Gasteiger charge is -2.11. The lowest BCUT2D eigenvalue weighted by atomic mass is 10.1. The van der Waals surface area contributed by atoms with E-state index in [1.54, 1.807) is 0 Å². The monoisotopic (exact) mass is 363 g/mol. The van der Waals surface area contributed by atoms with Crippen molar-refractivity contribution in [1.82, 2.24) is 0 Å². The van der Waals surface area contributed by atoms with Crippen molar-refractivity contribution in [3.63, 3.8) is 0 Å². The molecule has 3 amide bonds. The van der Waals surface area contributed by atoms with E-state index in [2.05, 4.69) is 16.0 Å². The van der Waals surface area contributed by atoms with Gasteiger partial charge in [0.15, 0.2) is 0 Å². The summed E-state index contributed by atoms with van der Waals surface area (Å²) in [5.74, 6) is -1.75. The Bertz CT molecular complexity index is 821. The molecular formula is C17H15ClFN3O3. The first-order valence-electron chi connectivity index (χ1n) is 7.21. The molecule has 2 rings (SSSR count). The Morgan fingerprint density at radius 3 is 1.88 bits per heavy atom. The van der Waals surface area contributed by atoms with Crippen molar-refractivity contribution in [2.45, 2.75) is 13.8 Å². The molecule has 0 aliphatic carbocycles. The zero-order chi connectivity index (χ0) is 18.6. The van der Waals surface area contributed by atoms with Gasteiger partial charge in [-0.1, -0.05) is 11.6 Å². The van der Waals surface area contributed by atoms with Gasteiger partial charge in [-0.15, -0.1) is 0 Å². The average molecular weight is 364 g/mol. The molecule has 3 N–H and O–H groups in total. The summed E-state index contributed by atoms with van der Waals surface area (Å²) in [6.45, 7) is 2.65. The van der Waals surface area contributed by atoms with Gasteiger partial charge in [0, 0.05) is 36.5 Å². The molecule has 0 saturated heterocycles. The number of carbonyl (C=O) groups excluding carboxylic acids is 3. The zero-order valence-corrected chi connectivity index (χ0v) is 14.2. The molecule has 0 unspecified atom stereocenters. The predicted molar refractivity (Wildman–Crippen MR) is 94.4 cm³/mol. The van der Waals surface area contributed by atoms with E-state index in [0.717, 1.165) is 6.07 Å². The SMILES string of the molecule is CC(=O)Nc1cc(NC(C)=O)cc(C(=O)Nc2ccc(F)c(Cl)c2)c1. The Kier molecular flexibility index (Phi) is 5.71. The molecule has 2 aromatic rings. The van der Waals surface area contributed by atoms with Gasteiger partial charge in [-0.2, -0.15) is 0 Å². The van der Waals surface area contributed by atoms with Crippen LogP contribution in [-0.4, -0.2) is 17.7 Å². The minimum atomic E-state index is -0.597. The second-order valence-corrected chi connectivity index (χ2v) is 5.65. The van der Waals surface area contributed by atoms with Crippen molar-refractivity contribution in [2.75, 3.05) is 16.0 Å². The van der Waals surface area contributed by atoms with Gasteiger partial charge in [0.05, 0.1) is 5.02 Å². The molecule has 0 atom stereocenters. The second-order valence-electron chi connectivity index (χ2n) is 5.24. The van der Waals surface area contributed by atoms with Crippen molar-refractivity contribution in [2.24, 2.45) is 0 Å². The van der Waals surface area contributed by atoms with Crippen LogP contribution in [0.3, 0.4) is 0 Å². The number of hydrogen-bond donors (Lipinski definition) is 3. The van der Waals surface area contributed by atoms with Gasteiger partial charge >= 0.3 is 0 Å². The molecule has 0 saturated carbocycles. The number of nitrogens with one attached hydrogen (secondary N) is 3. The van der Waals surface area contributed by atoms with Crippen LogP contribution in [0.5, 0.6) is 0 Å². The van der Waals surface area contributed by atoms with E-state index in [-0.39, 0.29) is 22.4 Å². The summed E-state index contributed by atoms with van der Waals surface area (Å²) in [6, 6.07) is 8.20. The first kappa shape index (κ1) is 18.4. The van der Waals surface area contributed by atoms with Crippen LogP contribution in [0.25, 0.3) is 0 Å². The van der Waals surface area contributed by atoms with Crippen molar-refractivity contribution in [1.29, 1.82) is 0 Å². The summed E-state index contributed by atoms with van der Waals surface area (Å²) in [7, 11) is 0. The first-order valence-corrected chi connectivity index (χ1v) is 7.59. The Balaban J connectivity index is 2.31. The largest absolute Gasteiger partial charge is 0.326 e. The molecule has 0 spiro atoms. The van der Waals surface area contributed by atoms with Crippen LogP contribution < -0.4 is 16.0 Å². The maximum absolute atomic E-state index is 13.2. The lowest BCUT2D eigenvalue weighted by molar-refractivity contribution is -0.115. The third kappa shape index (κ3) is 5.29. The maximum atomic E-state index is 13.2. The van der Waals surface area contributed by atoms with E-state index in [4.69, 9.17) is 11.6 Å². The fourth-order valence-corrected chi connectivity index (χ4v) is 2.27. The summed E-state index contributed by atoms with van der Waals surface area (Å²) < 4.78 is 13.2. The van der Waals surface area contributed by atoms with Gasteiger partial charge < -0.3 is 16.0 Å².